The molecule has 0 bridgehead atoms. The topological polar surface area (TPSA) is 32.3 Å². The van der Waals surface area contributed by atoms with Gasteiger partial charge in [0.25, 0.3) is 0 Å². The van der Waals surface area contributed by atoms with Gasteiger partial charge in [-0.25, -0.2) is 0 Å². The molecule has 0 fully saturated rings. The Morgan fingerprint density at radius 2 is 1.73 bits per heavy atom. The Balaban J connectivity index is 0. The van der Waals surface area contributed by atoms with Crippen LogP contribution in [-0.2, 0) is 4.79 Å². The first-order valence-electron chi connectivity index (χ1n) is 5.85. The van der Waals surface area contributed by atoms with Crippen LogP contribution in [0.3, 0.4) is 0 Å². The average Bonchev–Trinajstić information content (AvgIpc) is 2.14. The number of nitrogens with one attached hydrogen (secondary N) is 1. The van der Waals surface area contributed by atoms with E-state index in [4.69, 9.17) is 0 Å². The molecular weight excluding hydrogens is 188 g/mol. The van der Waals surface area contributed by atoms with E-state index >= 15 is 0 Å². The van der Waals surface area contributed by atoms with Crippen molar-refractivity contribution >= 4 is 5.91 Å². The van der Waals surface area contributed by atoms with Crippen molar-refractivity contribution in [2.75, 3.05) is 27.2 Å². The highest BCUT2D eigenvalue weighted by atomic mass is 16.1. The third-order valence-corrected chi connectivity index (χ3v) is 1.85. The maximum absolute atomic E-state index is 10.9. The second kappa shape index (κ2) is 11.5. The van der Waals surface area contributed by atoms with E-state index in [1.807, 2.05) is 25.9 Å². The highest BCUT2D eigenvalue weighted by Gasteiger charge is 1.99. The average molecular weight is 216 g/mol. The minimum atomic E-state index is 0.104. The van der Waals surface area contributed by atoms with Crippen molar-refractivity contribution in [3.63, 3.8) is 0 Å². The zero-order chi connectivity index (χ0) is 12.3. The highest BCUT2D eigenvalue weighted by molar-refractivity contribution is 5.77. The third-order valence-electron chi connectivity index (χ3n) is 1.85. The van der Waals surface area contributed by atoms with Crippen LogP contribution in [0, 0.1) is 5.92 Å². The molecule has 0 aromatic rings. The first kappa shape index (κ1) is 16.8. The summed E-state index contributed by atoms with van der Waals surface area (Å²) in [5.41, 5.74) is 0. The van der Waals surface area contributed by atoms with Gasteiger partial charge in [0, 0.05) is 6.54 Å². The molecule has 1 amide bonds. The molecular formula is C12H28N2O. The van der Waals surface area contributed by atoms with Crippen molar-refractivity contribution in [2.45, 2.75) is 40.5 Å². The lowest BCUT2D eigenvalue weighted by molar-refractivity contribution is -0.121. The normalized spacial score (nSPS) is 9.87. The lowest BCUT2D eigenvalue weighted by atomic mass is 10.2. The van der Waals surface area contributed by atoms with Crippen LogP contribution >= 0.6 is 0 Å². The molecule has 0 aliphatic carbocycles. The van der Waals surface area contributed by atoms with Gasteiger partial charge in [0.05, 0.1) is 6.54 Å². The summed E-state index contributed by atoms with van der Waals surface area (Å²) in [6.07, 6.45) is 2.30. The molecule has 0 aromatic heterocycles. The fourth-order valence-electron chi connectivity index (χ4n) is 0.608. The van der Waals surface area contributed by atoms with Crippen LogP contribution in [0.2, 0.25) is 0 Å². The van der Waals surface area contributed by atoms with E-state index in [0.717, 1.165) is 18.9 Å². The third kappa shape index (κ3) is 19.7. The van der Waals surface area contributed by atoms with Gasteiger partial charge < -0.3 is 10.2 Å². The van der Waals surface area contributed by atoms with Crippen molar-refractivity contribution in [3.05, 3.63) is 0 Å². The standard InChI is InChI=1S/C7H16N2O.C5H12/c1-4-5-8-7(10)6-9(2)3;1-4-5(2)3/h4-6H2,1-3H3,(H,8,10);5H,4H2,1-3H3. The van der Waals surface area contributed by atoms with Gasteiger partial charge in [0.1, 0.15) is 0 Å². The largest absolute Gasteiger partial charge is 0.355 e. The maximum atomic E-state index is 10.9. The van der Waals surface area contributed by atoms with E-state index in [2.05, 4.69) is 26.1 Å². The summed E-state index contributed by atoms with van der Waals surface area (Å²) in [5, 5.41) is 2.78. The van der Waals surface area contributed by atoms with Gasteiger partial charge >= 0.3 is 0 Å². The Labute approximate surface area is 95.2 Å². The maximum Gasteiger partial charge on any atom is 0.234 e. The smallest absolute Gasteiger partial charge is 0.234 e. The van der Waals surface area contributed by atoms with E-state index in [1.54, 1.807) is 0 Å². The van der Waals surface area contributed by atoms with Gasteiger partial charge in [-0.2, -0.15) is 0 Å². The van der Waals surface area contributed by atoms with Gasteiger partial charge in [0.2, 0.25) is 5.91 Å². The summed E-state index contributed by atoms with van der Waals surface area (Å²) in [6, 6.07) is 0. The number of likely N-dealkylation sites (N-methyl/N-ethyl adjacent to an activating group) is 1. The monoisotopic (exact) mass is 216 g/mol. The van der Waals surface area contributed by atoms with Crippen LogP contribution in [0.15, 0.2) is 0 Å². The van der Waals surface area contributed by atoms with Gasteiger partial charge in [0.15, 0.2) is 0 Å². The summed E-state index contributed by atoms with van der Waals surface area (Å²) in [4.78, 5) is 12.7. The van der Waals surface area contributed by atoms with E-state index in [-0.39, 0.29) is 5.91 Å². The number of hydrogen-bond acceptors (Lipinski definition) is 2. The van der Waals surface area contributed by atoms with Crippen LogP contribution in [0.4, 0.5) is 0 Å². The Morgan fingerprint density at radius 3 is 2.00 bits per heavy atom. The second-order valence-corrected chi connectivity index (χ2v) is 4.39. The SMILES string of the molecule is CCC(C)C.CCCNC(=O)CN(C)C. The van der Waals surface area contributed by atoms with Gasteiger partial charge in [-0.1, -0.05) is 34.1 Å². The fourth-order valence-corrected chi connectivity index (χ4v) is 0.608. The molecule has 0 spiro atoms. The Kier molecular flexibility index (Phi) is 12.9. The first-order chi connectivity index (χ1) is 6.93. The van der Waals surface area contributed by atoms with E-state index in [1.165, 1.54) is 6.42 Å². The number of carbonyl (C=O) groups excluding carboxylic acids is 1. The van der Waals surface area contributed by atoms with Gasteiger partial charge in [-0.3, -0.25) is 4.79 Å². The fraction of sp³-hybridized carbons (Fsp3) is 0.917. The molecule has 1 N–H and O–H groups in total. The number of amides is 1. The molecule has 0 rings (SSSR count). The second-order valence-electron chi connectivity index (χ2n) is 4.39. The van der Waals surface area contributed by atoms with E-state index < -0.39 is 0 Å². The van der Waals surface area contributed by atoms with Gasteiger partial charge in [-0.05, 0) is 26.4 Å². The van der Waals surface area contributed by atoms with Crippen LogP contribution in [-0.4, -0.2) is 38.0 Å². The predicted molar refractivity (Wildman–Crippen MR) is 67.0 cm³/mol. The molecule has 0 aromatic carbocycles. The molecule has 0 saturated carbocycles. The van der Waals surface area contributed by atoms with Crippen molar-refractivity contribution < 1.29 is 4.79 Å². The Morgan fingerprint density at radius 1 is 1.27 bits per heavy atom. The molecule has 0 aliphatic rings. The minimum Gasteiger partial charge on any atom is -0.355 e. The predicted octanol–water partition coefficient (Wildman–Crippen LogP) is 2.13. The molecule has 0 atom stereocenters. The Bertz CT molecular complexity index is 145. The minimum absolute atomic E-state index is 0.104. The molecule has 15 heavy (non-hydrogen) atoms. The molecule has 0 aliphatic heterocycles. The highest BCUT2D eigenvalue weighted by Crippen LogP contribution is 1.93. The molecule has 92 valence electrons. The summed E-state index contributed by atoms with van der Waals surface area (Å²) < 4.78 is 0. The lowest BCUT2D eigenvalue weighted by Gasteiger charge is -2.08. The number of hydrogen-bond donors (Lipinski definition) is 1. The zero-order valence-corrected chi connectivity index (χ0v) is 11.3. The van der Waals surface area contributed by atoms with Crippen molar-refractivity contribution in [2.24, 2.45) is 5.92 Å². The summed E-state index contributed by atoms with van der Waals surface area (Å²) in [5.74, 6) is 0.988. The van der Waals surface area contributed by atoms with Crippen molar-refractivity contribution in [3.8, 4) is 0 Å². The zero-order valence-electron chi connectivity index (χ0n) is 11.3. The molecule has 3 heteroatoms. The summed E-state index contributed by atoms with van der Waals surface area (Å²) >= 11 is 0. The van der Waals surface area contributed by atoms with E-state index in [9.17, 15) is 4.79 Å². The summed E-state index contributed by atoms with van der Waals surface area (Å²) in [6.45, 7) is 9.95. The molecule has 3 nitrogen and oxygen atoms in total. The van der Waals surface area contributed by atoms with Crippen LogP contribution < -0.4 is 5.32 Å². The van der Waals surface area contributed by atoms with Crippen LogP contribution in [0.1, 0.15) is 40.5 Å². The lowest BCUT2D eigenvalue weighted by Crippen LogP contribution is -2.33. The number of nitrogens with zero attached hydrogens (tertiary/aromatic N) is 1. The van der Waals surface area contributed by atoms with Gasteiger partial charge in [-0.15, -0.1) is 0 Å². The molecule has 0 radical (unpaired) electrons. The first-order valence-corrected chi connectivity index (χ1v) is 5.85. The van der Waals surface area contributed by atoms with Crippen LogP contribution in [0.25, 0.3) is 0 Å². The molecule has 0 heterocycles. The van der Waals surface area contributed by atoms with Crippen molar-refractivity contribution in [1.29, 1.82) is 0 Å². The quantitative estimate of drug-likeness (QED) is 0.763. The molecule has 0 unspecified atom stereocenters. The van der Waals surface area contributed by atoms with Crippen molar-refractivity contribution in [1.82, 2.24) is 10.2 Å². The van der Waals surface area contributed by atoms with E-state index in [0.29, 0.717) is 6.54 Å². The van der Waals surface area contributed by atoms with Crippen LogP contribution in [0.5, 0.6) is 0 Å². The summed E-state index contributed by atoms with van der Waals surface area (Å²) in [7, 11) is 3.76. The number of rotatable bonds is 5. The number of carbonyl (C=O) groups is 1. The Hall–Kier alpha value is -0.570. The molecule has 0 saturated heterocycles.